The van der Waals surface area contributed by atoms with Gasteiger partial charge in [-0.05, 0) is 42.8 Å². The number of hydrogen-bond acceptors (Lipinski definition) is 7. The van der Waals surface area contributed by atoms with Crippen molar-refractivity contribution in [2.45, 2.75) is 24.9 Å². The standard InChI is InChI=1S/C31H25ClF2N4O4/c1-31(15-42-16-31)38-19-12-24(33)27(25(34)13-19)29(39)37-26(30(40)41-2)11-18-6-8-22(28-20(18)4-3-9-36-28)21-7-5-17(14-35)10-23(21)32/h3-10,12-13,26,38H,11,15-16H2,1-2H3,(H,37,39)/t26-/m0/s1. The van der Waals surface area contributed by atoms with Gasteiger partial charge < -0.3 is 20.1 Å². The van der Waals surface area contributed by atoms with Gasteiger partial charge in [0.1, 0.15) is 23.2 Å². The first-order valence-electron chi connectivity index (χ1n) is 12.9. The first-order chi connectivity index (χ1) is 20.1. The lowest BCUT2D eigenvalue weighted by Crippen LogP contribution is -2.53. The highest BCUT2D eigenvalue weighted by atomic mass is 35.5. The maximum atomic E-state index is 15.0. The first-order valence-corrected chi connectivity index (χ1v) is 13.3. The summed E-state index contributed by atoms with van der Waals surface area (Å²) < 4.78 is 40.0. The summed E-state index contributed by atoms with van der Waals surface area (Å²) in [6, 6.07) is 14.8. The lowest BCUT2D eigenvalue weighted by molar-refractivity contribution is -0.142. The molecule has 0 radical (unpaired) electrons. The number of fused-ring (bicyclic) bond motifs is 1. The van der Waals surface area contributed by atoms with E-state index < -0.39 is 40.7 Å². The van der Waals surface area contributed by atoms with Crippen molar-refractivity contribution in [3.8, 4) is 17.2 Å². The number of nitriles is 1. The summed E-state index contributed by atoms with van der Waals surface area (Å²) in [5.41, 5.74) is 1.85. The molecule has 2 heterocycles. The summed E-state index contributed by atoms with van der Waals surface area (Å²) >= 11 is 6.46. The summed E-state index contributed by atoms with van der Waals surface area (Å²) in [7, 11) is 1.16. The van der Waals surface area contributed by atoms with Crippen molar-refractivity contribution >= 4 is 40.1 Å². The molecular formula is C31H25ClF2N4O4. The molecule has 0 saturated carbocycles. The smallest absolute Gasteiger partial charge is 0.328 e. The van der Waals surface area contributed by atoms with Crippen LogP contribution in [0.15, 0.2) is 60.8 Å². The van der Waals surface area contributed by atoms with Gasteiger partial charge >= 0.3 is 5.97 Å². The van der Waals surface area contributed by atoms with E-state index in [1.54, 1.807) is 48.7 Å². The van der Waals surface area contributed by atoms with Gasteiger partial charge in [0.2, 0.25) is 0 Å². The lowest BCUT2D eigenvalue weighted by atomic mass is 9.94. The van der Waals surface area contributed by atoms with E-state index in [4.69, 9.17) is 21.1 Å². The molecule has 214 valence electrons. The molecule has 0 aliphatic carbocycles. The van der Waals surface area contributed by atoms with E-state index in [1.807, 2.05) is 13.0 Å². The summed E-state index contributed by atoms with van der Waals surface area (Å²) in [5.74, 6) is -4.06. The van der Waals surface area contributed by atoms with Crippen LogP contribution < -0.4 is 10.6 Å². The van der Waals surface area contributed by atoms with E-state index in [-0.39, 0.29) is 12.1 Å². The lowest BCUT2D eigenvalue weighted by Gasteiger charge is -2.39. The number of rotatable bonds is 8. The third kappa shape index (κ3) is 5.75. The van der Waals surface area contributed by atoms with Crippen LogP contribution in [0.1, 0.15) is 28.4 Å². The Morgan fingerprint density at radius 1 is 1.14 bits per heavy atom. The first kappa shape index (κ1) is 28.9. The van der Waals surface area contributed by atoms with E-state index in [0.29, 0.717) is 51.4 Å². The molecule has 2 N–H and O–H groups in total. The summed E-state index contributed by atoms with van der Waals surface area (Å²) in [6.45, 7) is 2.61. The van der Waals surface area contributed by atoms with Crippen LogP contribution in [0.5, 0.6) is 0 Å². The van der Waals surface area contributed by atoms with Crippen LogP contribution in [0.3, 0.4) is 0 Å². The minimum Gasteiger partial charge on any atom is -0.467 e. The number of ether oxygens (including phenoxy) is 2. The number of halogens is 3. The average Bonchev–Trinajstić information content (AvgIpc) is 2.95. The summed E-state index contributed by atoms with van der Waals surface area (Å²) in [4.78, 5) is 30.3. The predicted octanol–water partition coefficient (Wildman–Crippen LogP) is 5.42. The molecule has 1 saturated heterocycles. The minimum absolute atomic E-state index is 0.0524. The molecule has 0 spiro atoms. The third-order valence-corrected chi connectivity index (χ3v) is 7.33. The fourth-order valence-corrected chi connectivity index (χ4v) is 5.19. The van der Waals surface area contributed by atoms with Crippen molar-refractivity contribution < 1.29 is 27.8 Å². The Labute approximate surface area is 245 Å². The SMILES string of the molecule is COC(=O)[C@H](Cc1ccc(-c2ccc(C#N)cc2Cl)c2ncccc12)NC(=O)c1c(F)cc(NC2(C)COC2)cc1F. The number of hydrogen-bond donors (Lipinski definition) is 2. The van der Waals surface area contributed by atoms with Crippen LogP contribution in [0.4, 0.5) is 14.5 Å². The number of esters is 1. The fraction of sp³-hybridized carbons (Fsp3) is 0.226. The highest BCUT2D eigenvalue weighted by Gasteiger charge is 2.34. The molecule has 8 nitrogen and oxygen atoms in total. The van der Waals surface area contributed by atoms with Crippen LogP contribution in [0.2, 0.25) is 5.02 Å². The van der Waals surface area contributed by atoms with Crippen LogP contribution in [0, 0.1) is 23.0 Å². The number of nitrogens with zero attached hydrogens (tertiary/aromatic N) is 2. The van der Waals surface area contributed by atoms with Crippen molar-refractivity contribution in [2.24, 2.45) is 0 Å². The number of pyridine rings is 1. The maximum absolute atomic E-state index is 15.0. The van der Waals surface area contributed by atoms with Gasteiger partial charge in [-0.1, -0.05) is 35.9 Å². The molecule has 0 bridgehead atoms. The van der Waals surface area contributed by atoms with E-state index in [0.717, 1.165) is 19.2 Å². The van der Waals surface area contributed by atoms with E-state index in [2.05, 4.69) is 15.6 Å². The molecule has 11 heteroatoms. The molecular weight excluding hydrogens is 566 g/mol. The van der Waals surface area contributed by atoms with Crippen LogP contribution >= 0.6 is 11.6 Å². The monoisotopic (exact) mass is 590 g/mol. The second kappa shape index (κ2) is 11.7. The number of nitrogens with one attached hydrogen (secondary N) is 2. The Balaban J connectivity index is 1.44. The number of anilines is 1. The molecule has 3 aromatic carbocycles. The van der Waals surface area contributed by atoms with Gasteiger partial charge in [0, 0.05) is 39.8 Å². The Hall–Kier alpha value is -4.59. The Morgan fingerprint density at radius 2 is 1.86 bits per heavy atom. The van der Waals surface area contributed by atoms with Gasteiger partial charge in [0.15, 0.2) is 0 Å². The van der Waals surface area contributed by atoms with E-state index >= 15 is 0 Å². The molecule has 42 heavy (non-hydrogen) atoms. The number of amides is 1. The number of carbonyl (C=O) groups is 2. The van der Waals surface area contributed by atoms with E-state index in [1.165, 1.54) is 0 Å². The zero-order valence-corrected chi connectivity index (χ0v) is 23.4. The zero-order valence-electron chi connectivity index (χ0n) is 22.6. The van der Waals surface area contributed by atoms with Gasteiger partial charge in [-0.25, -0.2) is 13.6 Å². The Morgan fingerprint density at radius 3 is 2.48 bits per heavy atom. The van der Waals surface area contributed by atoms with Crippen LogP contribution in [-0.4, -0.2) is 48.8 Å². The normalized spacial score (nSPS) is 14.4. The average molecular weight is 591 g/mol. The summed E-state index contributed by atoms with van der Waals surface area (Å²) in [5, 5.41) is 15.6. The quantitative estimate of drug-likeness (QED) is 0.263. The molecule has 0 unspecified atom stereocenters. The van der Waals surface area contributed by atoms with Crippen molar-refractivity contribution in [1.29, 1.82) is 5.26 Å². The van der Waals surface area contributed by atoms with Gasteiger partial charge in [-0.2, -0.15) is 5.26 Å². The van der Waals surface area contributed by atoms with Crippen LogP contribution in [0.25, 0.3) is 22.0 Å². The zero-order chi connectivity index (χ0) is 30.0. The molecule has 1 fully saturated rings. The van der Waals surface area contributed by atoms with Crippen molar-refractivity contribution in [2.75, 3.05) is 25.6 Å². The van der Waals surface area contributed by atoms with Crippen molar-refractivity contribution in [3.63, 3.8) is 0 Å². The molecule has 1 aliphatic rings. The second-order valence-corrected chi connectivity index (χ2v) is 10.6. The van der Waals surface area contributed by atoms with Crippen LogP contribution in [-0.2, 0) is 20.7 Å². The van der Waals surface area contributed by atoms with Gasteiger partial charge in [0.05, 0.1) is 43.0 Å². The minimum atomic E-state index is -1.27. The predicted molar refractivity (Wildman–Crippen MR) is 153 cm³/mol. The topological polar surface area (TPSA) is 113 Å². The molecule has 4 aromatic rings. The largest absolute Gasteiger partial charge is 0.467 e. The van der Waals surface area contributed by atoms with Gasteiger partial charge in [-0.15, -0.1) is 0 Å². The highest BCUT2D eigenvalue weighted by molar-refractivity contribution is 6.33. The summed E-state index contributed by atoms with van der Waals surface area (Å²) in [6.07, 6.45) is 1.55. The van der Waals surface area contributed by atoms with Gasteiger partial charge in [-0.3, -0.25) is 9.78 Å². The third-order valence-electron chi connectivity index (χ3n) is 7.02. The number of aromatic nitrogens is 1. The Bertz CT molecular complexity index is 1730. The van der Waals surface area contributed by atoms with Gasteiger partial charge in [0.25, 0.3) is 5.91 Å². The number of carbonyl (C=O) groups excluding carboxylic acids is 2. The molecule has 1 amide bonds. The number of benzene rings is 3. The Kier molecular flexibility index (Phi) is 8.07. The molecule has 5 rings (SSSR count). The molecule has 1 aromatic heterocycles. The second-order valence-electron chi connectivity index (χ2n) is 10.2. The van der Waals surface area contributed by atoms with E-state index in [9.17, 15) is 23.6 Å². The van der Waals surface area contributed by atoms with Crippen molar-refractivity contribution in [1.82, 2.24) is 10.3 Å². The molecule has 1 aliphatic heterocycles. The molecule has 1 atom stereocenters. The van der Waals surface area contributed by atoms with Crippen molar-refractivity contribution in [3.05, 3.63) is 94.1 Å². The maximum Gasteiger partial charge on any atom is 0.328 e. The number of methoxy groups -OCH3 is 1. The highest BCUT2D eigenvalue weighted by Crippen LogP contribution is 2.35. The fourth-order valence-electron chi connectivity index (χ4n) is 4.91.